The third-order valence-electron chi connectivity index (χ3n) is 4.15. The third-order valence-corrected chi connectivity index (χ3v) is 4.15. The number of hydrogen-bond donors (Lipinski definition) is 1. The van der Waals surface area contributed by atoms with Gasteiger partial charge in [0.25, 0.3) is 5.91 Å². The number of carbonyl (C=O) groups is 1. The Bertz CT molecular complexity index is 756. The monoisotopic (exact) mass is 326 g/mol. The average molecular weight is 326 g/mol. The van der Waals surface area contributed by atoms with E-state index in [1.54, 1.807) is 18.2 Å². The Morgan fingerprint density at radius 3 is 2.71 bits per heavy atom. The first-order valence-corrected chi connectivity index (χ1v) is 7.94. The molecular weight excluding hydrogens is 308 g/mol. The zero-order valence-corrected chi connectivity index (χ0v) is 13.2. The van der Waals surface area contributed by atoms with Gasteiger partial charge in [-0.1, -0.05) is 18.2 Å². The van der Waals surface area contributed by atoms with E-state index in [0.29, 0.717) is 30.3 Å². The van der Waals surface area contributed by atoms with Crippen molar-refractivity contribution in [2.45, 2.75) is 0 Å². The largest absolute Gasteiger partial charge is 0.454 e. The van der Waals surface area contributed by atoms with Crippen molar-refractivity contribution in [3.8, 4) is 11.5 Å². The number of ether oxygens (including phenoxy) is 3. The van der Waals surface area contributed by atoms with Crippen LogP contribution in [0.4, 0.5) is 11.4 Å². The van der Waals surface area contributed by atoms with Crippen LogP contribution >= 0.6 is 0 Å². The Kier molecular flexibility index (Phi) is 3.96. The van der Waals surface area contributed by atoms with Gasteiger partial charge in [-0.3, -0.25) is 4.79 Å². The molecule has 1 N–H and O–H groups in total. The van der Waals surface area contributed by atoms with E-state index in [1.165, 1.54) is 0 Å². The van der Waals surface area contributed by atoms with Crippen molar-refractivity contribution in [2.24, 2.45) is 0 Å². The number of morpholine rings is 1. The van der Waals surface area contributed by atoms with Crippen LogP contribution in [-0.4, -0.2) is 39.0 Å². The smallest absolute Gasteiger partial charge is 0.259 e. The number of para-hydroxylation sites is 3. The Balaban J connectivity index is 1.60. The van der Waals surface area contributed by atoms with Gasteiger partial charge in [0, 0.05) is 13.1 Å². The average Bonchev–Trinajstić information content (AvgIpc) is 3.11. The summed E-state index contributed by atoms with van der Waals surface area (Å²) < 4.78 is 16.2. The molecule has 2 heterocycles. The third kappa shape index (κ3) is 2.76. The van der Waals surface area contributed by atoms with Gasteiger partial charge in [-0.15, -0.1) is 0 Å². The first-order chi connectivity index (χ1) is 11.8. The maximum Gasteiger partial charge on any atom is 0.259 e. The van der Waals surface area contributed by atoms with Gasteiger partial charge in [0.15, 0.2) is 11.5 Å². The van der Waals surface area contributed by atoms with Gasteiger partial charge in [0.05, 0.1) is 30.2 Å². The van der Waals surface area contributed by atoms with Gasteiger partial charge in [-0.25, -0.2) is 0 Å². The van der Waals surface area contributed by atoms with Crippen LogP contribution in [0.2, 0.25) is 0 Å². The van der Waals surface area contributed by atoms with E-state index >= 15 is 0 Å². The molecule has 0 unspecified atom stereocenters. The normalized spacial score (nSPS) is 16.1. The fourth-order valence-corrected chi connectivity index (χ4v) is 2.96. The van der Waals surface area contributed by atoms with Crippen molar-refractivity contribution in [2.75, 3.05) is 43.3 Å². The van der Waals surface area contributed by atoms with Crippen molar-refractivity contribution in [1.82, 2.24) is 0 Å². The van der Waals surface area contributed by atoms with E-state index in [0.717, 1.165) is 24.5 Å². The molecule has 1 saturated heterocycles. The SMILES string of the molecule is O=C(Nc1ccccc1N1CCOCC1)c1cccc2c1OCO2. The summed E-state index contributed by atoms with van der Waals surface area (Å²) in [4.78, 5) is 14.9. The summed E-state index contributed by atoms with van der Waals surface area (Å²) in [5.74, 6) is 0.890. The van der Waals surface area contributed by atoms with Gasteiger partial charge >= 0.3 is 0 Å². The molecule has 1 fully saturated rings. The molecule has 0 bridgehead atoms. The molecule has 2 aliphatic heterocycles. The topological polar surface area (TPSA) is 60.0 Å². The molecule has 0 spiro atoms. The molecule has 0 saturated carbocycles. The van der Waals surface area contributed by atoms with E-state index in [2.05, 4.69) is 10.2 Å². The molecule has 2 aromatic rings. The molecule has 4 rings (SSSR count). The maximum atomic E-state index is 12.7. The highest BCUT2D eigenvalue weighted by Gasteiger charge is 2.23. The predicted molar refractivity (Wildman–Crippen MR) is 90.0 cm³/mol. The summed E-state index contributed by atoms with van der Waals surface area (Å²) in [6, 6.07) is 13.1. The molecule has 24 heavy (non-hydrogen) atoms. The van der Waals surface area contributed by atoms with Crippen LogP contribution in [0.15, 0.2) is 42.5 Å². The Hall–Kier alpha value is -2.73. The summed E-state index contributed by atoms with van der Waals surface area (Å²) in [5.41, 5.74) is 2.25. The second-order valence-corrected chi connectivity index (χ2v) is 5.61. The Morgan fingerprint density at radius 1 is 1.00 bits per heavy atom. The van der Waals surface area contributed by atoms with Crippen LogP contribution in [-0.2, 0) is 4.74 Å². The van der Waals surface area contributed by atoms with Crippen LogP contribution in [0.1, 0.15) is 10.4 Å². The highest BCUT2D eigenvalue weighted by molar-refractivity contribution is 6.08. The fraction of sp³-hybridized carbons (Fsp3) is 0.278. The first-order valence-electron chi connectivity index (χ1n) is 7.94. The standard InChI is InChI=1S/C18H18N2O4/c21-18(13-4-3-7-16-17(13)24-12-23-16)19-14-5-1-2-6-15(14)20-8-10-22-11-9-20/h1-7H,8-12H2,(H,19,21). The first kappa shape index (κ1) is 14.8. The second-order valence-electron chi connectivity index (χ2n) is 5.61. The maximum absolute atomic E-state index is 12.7. The van der Waals surface area contributed by atoms with Crippen molar-refractivity contribution in [3.63, 3.8) is 0 Å². The minimum Gasteiger partial charge on any atom is -0.454 e. The van der Waals surface area contributed by atoms with Crippen LogP contribution in [0, 0.1) is 0 Å². The number of nitrogens with zero attached hydrogens (tertiary/aromatic N) is 1. The molecule has 0 atom stereocenters. The number of fused-ring (bicyclic) bond motifs is 1. The number of anilines is 2. The number of carbonyl (C=O) groups excluding carboxylic acids is 1. The molecule has 1 amide bonds. The lowest BCUT2D eigenvalue weighted by atomic mass is 10.1. The van der Waals surface area contributed by atoms with E-state index in [4.69, 9.17) is 14.2 Å². The number of nitrogens with one attached hydrogen (secondary N) is 1. The molecule has 6 heteroatoms. The van der Waals surface area contributed by atoms with Crippen molar-refractivity contribution < 1.29 is 19.0 Å². The lowest BCUT2D eigenvalue weighted by Gasteiger charge is -2.30. The molecular formula is C18H18N2O4. The van der Waals surface area contributed by atoms with Gasteiger partial charge in [0.2, 0.25) is 6.79 Å². The number of benzene rings is 2. The minimum atomic E-state index is -0.210. The molecule has 2 aliphatic rings. The summed E-state index contributed by atoms with van der Waals surface area (Å²) in [6.45, 7) is 3.15. The lowest BCUT2D eigenvalue weighted by Crippen LogP contribution is -2.36. The van der Waals surface area contributed by atoms with Crippen LogP contribution in [0.25, 0.3) is 0 Å². The van der Waals surface area contributed by atoms with E-state index in [-0.39, 0.29) is 12.7 Å². The highest BCUT2D eigenvalue weighted by atomic mass is 16.7. The summed E-state index contributed by atoms with van der Waals surface area (Å²) in [6.07, 6.45) is 0. The Morgan fingerprint density at radius 2 is 1.83 bits per heavy atom. The number of rotatable bonds is 3. The molecule has 0 radical (unpaired) electrons. The highest BCUT2D eigenvalue weighted by Crippen LogP contribution is 2.36. The van der Waals surface area contributed by atoms with Crippen molar-refractivity contribution >= 4 is 17.3 Å². The van der Waals surface area contributed by atoms with Crippen molar-refractivity contribution in [3.05, 3.63) is 48.0 Å². The molecule has 2 aromatic carbocycles. The number of amides is 1. The van der Waals surface area contributed by atoms with E-state index < -0.39 is 0 Å². The molecule has 0 aliphatic carbocycles. The van der Waals surface area contributed by atoms with E-state index in [9.17, 15) is 4.79 Å². The van der Waals surface area contributed by atoms with Gasteiger partial charge in [-0.05, 0) is 24.3 Å². The predicted octanol–water partition coefficient (Wildman–Crippen LogP) is 2.50. The second kappa shape index (κ2) is 6.41. The fourth-order valence-electron chi connectivity index (χ4n) is 2.96. The number of hydrogen-bond acceptors (Lipinski definition) is 5. The minimum absolute atomic E-state index is 0.143. The summed E-state index contributed by atoms with van der Waals surface area (Å²) in [7, 11) is 0. The quantitative estimate of drug-likeness (QED) is 0.939. The van der Waals surface area contributed by atoms with Crippen LogP contribution in [0.5, 0.6) is 11.5 Å². The Labute approximate surface area is 139 Å². The lowest BCUT2D eigenvalue weighted by molar-refractivity contribution is 0.102. The van der Waals surface area contributed by atoms with Gasteiger partial charge in [0.1, 0.15) is 0 Å². The summed E-state index contributed by atoms with van der Waals surface area (Å²) in [5, 5.41) is 3.00. The van der Waals surface area contributed by atoms with Crippen LogP contribution < -0.4 is 19.7 Å². The zero-order valence-electron chi connectivity index (χ0n) is 13.2. The molecule has 124 valence electrons. The van der Waals surface area contributed by atoms with E-state index in [1.807, 2.05) is 24.3 Å². The van der Waals surface area contributed by atoms with Crippen molar-refractivity contribution in [1.29, 1.82) is 0 Å². The van der Waals surface area contributed by atoms with Gasteiger partial charge < -0.3 is 24.4 Å². The van der Waals surface area contributed by atoms with Gasteiger partial charge in [-0.2, -0.15) is 0 Å². The van der Waals surface area contributed by atoms with Crippen LogP contribution in [0.3, 0.4) is 0 Å². The zero-order chi connectivity index (χ0) is 16.4. The molecule has 6 nitrogen and oxygen atoms in total. The summed E-state index contributed by atoms with van der Waals surface area (Å²) >= 11 is 0. The molecule has 0 aromatic heterocycles.